The molecule has 0 heterocycles. The van der Waals surface area contributed by atoms with E-state index in [2.05, 4.69) is 0 Å². The zero-order chi connectivity index (χ0) is 20.2. The van der Waals surface area contributed by atoms with Gasteiger partial charge in [0.1, 0.15) is 12.4 Å². The van der Waals surface area contributed by atoms with Crippen molar-refractivity contribution < 1.29 is 22.1 Å². The van der Waals surface area contributed by atoms with E-state index in [1.165, 1.54) is 0 Å². The minimum absolute atomic E-state index is 0.155. The van der Waals surface area contributed by atoms with Gasteiger partial charge >= 0.3 is 6.18 Å². The Labute approximate surface area is 160 Å². The molecule has 2 atom stereocenters. The number of alkyl halides is 3. The molecule has 0 saturated carbocycles. The van der Waals surface area contributed by atoms with E-state index in [-0.39, 0.29) is 18.3 Å². The van der Waals surface area contributed by atoms with Crippen LogP contribution in [0.25, 0.3) is 0 Å². The fourth-order valence-corrected chi connectivity index (χ4v) is 3.25. The molecule has 0 radical (unpaired) electrons. The van der Waals surface area contributed by atoms with Crippen molar-refractivity contribution in [3.63, 3.8) is 0 Å². The quantitative estimate of drug-likeness (QED) is 0.698. The van der Waals surface area contributed by atoms with Gasteiger partial charge in [-0.2, -0.15) is 13.2 Å². The summed E-state index contributed by atoms with van der Waals surface area (Å²) in [6, 6.07) is 13.0. The molecule has 148 valence electrons. The molecular formula is C20H24F3NO2S. The summed E-state index contributed by atoms with van der Waals surface area (Å²) in [6.07, 6.45) is -4.09. The summed E-state index contributed by atoms with van der Waals surface area (Å²) in [6.45, 7) is 5.44. The highest BCUT2D eigenvalue weighted by Gasteiger charge is 2.33. The molecule has 2 aromatic rings. The Hall–Kier alpha value is -1.86. The van der Waals surface area contributed by atoms with Crippen LogP contribution < -0.4 is 9.88 Å². The molecule has 7 heteroatoms. The summed E-state index contributed by atoms with van der Waals surface area (Å²) in [4.78, 5) is 0. The smallest absolute Gasteiger partial charge is 0.416 e. The number of hydrogen-bond donors (Lipinski definition) is 1. The minimum Gasteiger partial charge on any atom is -0.489 e. The fourth-order valence-electron chi connectivity index (χ4n) is 2.83. The molecule has 3 nitrogen and oxygen atoms in total. The molecule has 2 N–H and O–H groups in total. The summed E-state index contributed by atoms with van der Waals surface area (Å²) >= 11 is 0. The van der Waals surface area contributed by atoms with Gasteiger partial charge in [0.2, 0.25) is 0 Å². The third kappa shape index (κ3) is 6.07. The molecule has 2 rings (SSSR count). The molecule has 0 spiro atoms. The van der Waals surface area contributed by atoms with Crippen molar-refractivity contribution in [2.24, 2.45) is 5.14 Å². The maximum Gasteiger partial charge on any atom is 0.416 e. The number of nitrogens with two attached hydrogens (primary N) is 1. The first kappa shape index (κ1) is 21.4. The highest BCUT2D eigenvalue weighted by molar-refractivity contribution is 7.84. The molecule has 0 aliphatic heterocycles. The van der Waals surface area contributed by atoms with Gasteiger partial charge in [-0.3, -0.25) is 5.14 Å². The second-order valence-electron chi connectivity index (χ2n) is 7.23. The van der Waals surface area contributed by atoms with Crippen LogP contribution in [0.1, 0.15) is 49.8 Å². The zero-order valence-electron chi connectivity index (χ0n) is 15.5. The number of halogens is 3. The second-order valence-corrected chi connectivity index (χ2v) is 8.93. The van der Waals surface area contributed by atoms with Gasteiger partial charge in [-0.25, -0.2) is 4.21 Å². The van der Waals surface area contributed by atoms with Crippen molar-refractivity contribution in [3.8, 4) is 5.75 Å². The summed E-state index contributed by atoms with van der Waals surface area (Å²) in [7, 11) is -1.58. The lowest BCUT2D eigenvalue weighted by atomic mass is 9.90. The third-order valence-corrected chi connectivity index (χ3v) is 5.67. The van der Waals surface area contributed by atoms with Crippen molar-refractivity contribution in [1.82, 2.24) is 0 Å². The van der Waals surface area contributed by atoms with Gasteiger partial charge in [0.05, 0.1) is 21.3 Å². The van der Waals surface area contributed by atoms with Crippen LogP contribution >= 0.6 is 0 Å². The van der Waals surface area contributed by atoms with Gasteiger partial charge in [-0.05, 0) is 55.5 Å². The molecule has 0 amide bonds. The molecule has 0 aliphatic carbocycles. The molecule has 0 saturated heterocycles. The first-order chi connectivity index (χ1) is 12.5. The van der Waals surface area contributed by atoms with Crippen LogP contribution in [0.5, 0.6) is 5.75 Å². The summed E-state index contributed by atoms with van der Waals surface area (Å²) in [5.41, 5.74) is 0.581. The summed E-state index contributed by atoms with van der Waals surface area (Å²) < 4.78 is 56.5. The van der Waals surface area contributed by atoms with Gasteiger partial charge in [0.15, 0.2) is 0 Å². The van der Waals surface area contributed by atoms with Crippen LogP contribution in [0, 0.1) is 0 Å². The van der Waals surface area contributed by atoms with E-state index in [9.17, 15) is 17.4 Å². The Balaban J connectivity index is 2.29. The van der Waals surface area contributed by atoms with Gasteiger partial charge in [0.25, 0.3) is 0 Å². The molecule has 0 aromatic heterocycles. The van der Waals surface area contributed by atoms with Crippen LogP contribution in [0.3, 0.4) is 0 Å². The van der Waals surface area contributed by atoms with Crippen molar-refractivity contribution in [2.45, 2.75) is 50.6 Å². The van der Waals surface area contributed by atoms with Gasteiger partial charge < -0.3 is 4.74 Å². The second kappa shape index (κ2) is 8.44. The molecule has 2 aromatic carbocycles. The lowest BCUT2D eigenvalue weighted by Crippen LogP contribution is -2.33. The van der Waals surface area contributed by atoms with E-state index in [4.69, 9.17) is 9.88 Å². The first-order valence-electron chi connectivity index (χ1n) is 8.54. The van der Waals surface area contributed by atoms with Crippen LogP contribution in [0.2, 0.25) is 0 Å². The SMILES string of the molecule is C[C@H](CC(C)(C)S(N)=O)c1cc(OCc2ccccc2)cc(C(F)(F)F)c1. The normalized spacial score (nSPS) is 14.6. The van der Waals surface area contributed by atoms with E-state index in [1.54, 1.807) is 26.8 Å². The van der Waals surface area contributed by atoms with Gasteiger partial charge in [-0.1, -0.05) is 37.3 Å². The first-order valence-corrected chi connectivity index (χ1v) is 9.75. The molecule has 0 aliphatic rings. The molecule has 0 fully saturated rings. The average molecular weight is 399 g/mol. The highest BCUT2D eigenvalue weighted by Crippen LogP contribution is 2.37. The number of rotatable bonds is 7. The zero-order valence-corrected chi connectivity index (χ0v) is 16.4. The summed E-state index contributed by atoms with van der Waals surface area (Å²) in [5, 5.41) is 5.51. The van der Waals surface area contributed by atoms with Crippen LogP contribution in [0.4, 0.5) is 13.2 Å². The third-order valence-electron chi connectivity index (χ3n) is 4.42. The number of ether oxygens (including phenoxy) is 1. The largest absolute Gasteiger partial charge is 0.489 e. The molecule has 27 heavy (non-hydrogen) atoms. The lowest BCUT2D eigenvalue weighted by Gasteiger charge is -2.26. The van der Waals surface area contributed by atoms with E-state index in [0.717, 1.165) is 17.7 Å². The topological polar surface area (TPSA) is 52.3 Å². The number of hydrogen-bond acceptors (Lipinski definition) is 2. The van der Waals surface area contributed by atoms with Crippen molar-refractivity contribution >= 4 is 11.0 Å². The Morgan fingerprint density at radius 3 is 2.30 bits per heavy atom. The Kier molecular flexibility index (Phi) is 6.70. The highest BCUT2D eigenvalue weighted by atomic mass is 32.2. The van der Waals surface area contributed by atoms with E-state index < -0.39 is 27.5 Å². The predicted octanol–water partition coefficient (Wildman–Crippen LogP) is 5.18. The van der Waals surface area contributed by atoms with Crippen molar-refractivity contribution in [3.05, 3.63) is 65.2 Å². The molecule has 1 unspecified atom stereocenters. The molecular weight excluding hydrogens is 375 g/mol. The maximum absolute atomic E-state index is 13.3. The van der Waals surface area contributed by atoms with Gasteiger partial charge in [-0.15, -0.1) is 0 Å². The number of benzene rings is 2. The van der Waals surface area contributed by atoms with E-state index in [1.807, 2.05) is 30.3 Å². The van der Waals surface area contributed by atoms with Crippen LogP contribution in [-0.4, -0.2) is 8.96 Å². The van der Waals surface area contributed by atoms with Gasteiger partial charge in [0, 0.05) is 0 Å². The average Bonchev–Trinajstić information content (AvgIpc) is 2.59. The summed E-state index contributed by atoms with van der Waals surface area (Å²) in [5.74, 6) is -0.115. The lowest BCUT2D eigenvalue weighted by molar-refractivity contribution is -0.137. The van der Waals surface area contributed by atoms with Crippen molar-refractivity contribution in [2.75, 3.05) is 0 Å². The van der Waals surface area contributed by atoms with E-state index in [0.29, 0.717) is 12.0 Å². The Bertz CT molecular complexity index is 792. The monoisotopic (exact) mass is 399 g/mol. The van der Waals surface area contributed by atoms with Crippen molar-refractivity contribution in [1.29, 1.82) is 0 Å². The molecule has 0 bridgehead atoms. The van der Waals surface area contributed by atoms with Crippen LogP contribution in [0.15, 0.2) is 48.5 Å². The van der Waals surface area contributed by atoms with Crippen LogP contribution in [-0.2, 0) is 23.8 Å². The Morgan fingerprint density at radius 1 is 1.11 bits per heavy atom. The maximum atomic E-state index is 13.3. The van der Waals surface area contributed by atoms with E-state index >= 15 is 0 Å². The minimum atomic E-state index is -4.48. The fraction of sp³-hybridized carbons (Fsp3) is 0.400. The predicted molar refractivity (Wildman–Crippen MR) is 102 cm³/mol. The standard InChI is InChI=1S/C20H24F3NO2S/c1-14(12-19(2,3)27(24)25)16-9-17(20(21,22)23)11-18(10-16)26-13-15-7-5-4-6-8-15/h4-11,14H,12-13,24H2,1-3H3/t14-,27?/m1/s1. The Morgan fingerprint density at radius 2 is 1.74 bits per heavy atom.